The lowest BCUT2D eigenvalue weighted by Gasteiger charge is -2.20. The van der Waals surface area contributed by atoms with E-state index in [2.05, 4.69) is 12.2 Å². The minimum Gasteiger partial charge on any atom is -0.366 e. The van der Waals surface area contributed by atoms with Gasteiger partial charge in [0.05, 0.1) is 0 Å². The minimum absolute atomic E-state index is 0.0531. The summed E-state index contributed by atoms with van der Waals surface area (Å²) >= 11 is 0. The number of carbonyl (C=O) groups excluding carboxylic acids is 1. The molecule has 96 valence electrons. The molecule has 0 aromatic heterocycles. The summed E-state index contributed by atoms with van der Waals surface area (Å²) in [5, 5.41) is 3.35. The number of nitrogens with two attached hydrogens (primary N) is 1. The summed E-state index contributed by atoms with van der Waals surface area (Å²) in [7, 11) is 0. The number of carbonyl (C=O) groups is 1. The zero-order valence-corrected chi connectivity index (χ0v) is 10.4. The van der Waals surface area contributed by atoms with Gasteiger partial charge in [-0.15, -0.1) is 0 Å². The lowest BCUT2D eigenvalue weighted by molar-refractivity contribution is 0.0999. The molecule has 3 nitrogen and oxygen atoms in total. The average Bonchev–Trinajstić information content (AvgIpc) is 2.69. The molecule has 4 heteroatoms. The lowest BCUT2D eigenvalue weighted by Crippen LogP contribution is -2.25. The fourth-order valence-corrected chi connectivity index (χ4v) is 3.80. The first-order chi connectivity index (χ1) is 8.59. The molecular weight excluding hydrogens is 231 g/mol. The summed E-state index contributed by atoms with van der Waals surface area (Å²) in [6.07, 6.45) is 0.978. The molecule has 2 aliphatic rings. The SMILES string of the molecule is CCC1(c2cc(F)cc(C(N)=O)c2)C2CNCC21. The largest absolute Gasteiger partial charge is 0.366 e. The van der Waals surface area contributed by atoms with E-state index in [9.17, 15) is 9.18 Å². The molecule has 1 aliphatic heterocycles. The summed E-state index contributed by atoms with van der Waals surface area (Å²) in [4.78, 5) is 11.2. The number of halogens is 1. The monoisotopic (exact) mass is 248 g/mol. The maximum absolute atomic E-state index is 13.6. The Hall–Kier alpha value is -1.42. The van der Waals surface area contributed by atoms with Crippen LogP contribution in [0, 0.1) is 17.7 Å². The predicted octanol–water partition coefficient (Wildman–Crippen LogP) is 1.42. The first-order valence-corrected chi connectivity index (χ1v) is 6.41. The quantitative estimate of drug-likeness (QED) is 0.850. The highest BCUT2D eigenvalue weighted by molar-refractivity contribution is 5.93. The van der Waals surface area contributed by atoms with Crippen LogP contribution in [0.2, 0.25) is 0 Å². The summed E-state index contributed by atoms with van der Waals surface area (Å²) in [6, 6.07) is 4.55. The highest BCUT2D eigenvalue weighted by Gasteiger charge is 2.65. The molecule has 0 spiro atoms. The first-order valence-electron chi connectivity index (χ1n) is 6.41. The maximum atomic E-state index is 13.6. The standard InChI is InChI=1S/C14H17FN2O/c1-2-14(11-6-17-7-12(11)14)9-3-8(13(16)18)4-10(15)5-9/h3-5,11-12,17H,2,6-7H2,1H3,(H2,16,18). The van der Waals surface area contributed by atoms with E-state index >= 15 is 0 Å². The topological polar surface area (TPSA) is 55.1 Å². The van der Waals surface area contributed by atoms with Crippen molar-refractivity contribution >= 4 is 5.91 Å². The van der Waals surface area contributed by atoms with Gasteiger partial charge >= 0.3 is 0 Å². The fraction of sp³-hybridized carbons (Fsp3) is 0.500. The third-order valence-corrected chi connectivity index (χ3v) is 4.73. The van der Waals surface area contributed by atoms with Gasteiger partial charge in [-0.1, -0.05) is 6.92 Å². The van der Waals surface area contributed by atoms with E-state index in [4.69, 9.17) is 5.73 Å². The number of hydrogen-bond acceptors (Lipinski definition) is 2. The Kier molecular flexibility index (Phi) is 2.45. The summed E-state index contributed by atoms with van der Waals surface area (Å²) in [6.45, 7) is 4.11. The number of fused-ring (bicyclic) bond motifs is 1. The number of benzene rings is 1. The molecule has 1 amide bonds. The van der Waals surface area contributed by atoms with Gasteiger partial charge in [-0.25, -0.2) is 4.39 Å². The molecule has 1 aromatic rings. The Labute approximate surface area is 106 Å². The summed E-state index contributed by atoms with van der Waals surface area (Å²) in [5.74, 6) is 0.216. The van der Waals surface area contributed by atoms with E-state index in [-0.39, 0.29) is 16.8 Å². The van der Waals surface area contributed by atoms with Crippen molar-refractivity contribution in [2.24, 2.45) is 17.6 Å². The molecule has 1 aromatic carbocycles. The number of rotatable bonds is 3. The second-order valence-corrected chi connectivity index (χ2v) is 5.36. The second-order valence-electron chi connectivity index (χ2n) is 5.36. The number of amides is 1. The van der Waals surface area contributed by atoms with Crippen LogP contribution in [0.3, 0.4) is 0 Å². The van der Waals surface area contributed by atoms with Gasteiger partial charge in [0.15, 0.2) is 0 Å². The molecule has 2 atom stereocenters. The van der Waals surface area contributed by atoms with Crippen molar-refractivity contribution < 1.29 is 9.18 Å². The van der Waals surface area contributed by atoms with Crippen LogP contribution >= 0.6 is 0 Å². The number of nitrogens with one attached hydrogen (secondary N) is 1. The molecular formula is C14H17FN2O. The van der Waals surface area contributed by atoms with Crippen LogP contribution in [-0.2, 0) is 5.41 Å². The Morgan fingerprint density at radius 3 is 2.67 bits per heavy atom. The van der Waals surface area contributed by atoms with Crippen LogP contribution in [0.4, 0.5) is 4.39 Å². The van der Waals surface area contributed by atoms with E-state index in [0.717, 1.165) is 25.1 Å². The smallest absolute Gasteiger partial charge is 0.248 e. The molecule has 1 saturated carbocycles. The van der Waals surface area contributed by atoms with Gasteiger partial charge in [-0.2, -0.15) is 0 Å². The van der Waals surface area contributed by atoms with Gasteiger partial charge in [-0.05, 0) is 55.1 Å². The van der Waals surface area contributed by atoms with Gasteiger partial charge in [0.25, 0.3) is 0 Å². The van der Waals surface area contributed by atoms with Crippen molar-refractivity contribution in [3.8, 4) is 0 Å². The van der Waals surface area contributed by atoms with Crippen LogP contribution in [0.5, 0.6) is 0 Å². The molecule has 0 bridgehead atoms. The normalized spacial score (nSPS) is 33.2. The first kappa shape index (κ1) is 11.7. The van der Waals surface area contributed by atoms with Crippen LogP contribution in [0.1, 0.15) is 29.3 Å². The molecule has 2 unspecified atom stereocenters. The maximum Gasteiger partial charge on any atom is 0.248 e. The molecule has 3 N–H and O–H groups in total. The van der Waals surface area contributed by atoms with E-state index in [1.807, 2.05) is 0 Å². The summed E-state index contributed by atoms with van der Waals surface area (Å²) < 4.78 is 13.6. The van der Waals surface area contributed by atoms with Gasteiger partial charge in [0, 0.05) is 11.0 Å². The van der Waals surface area contributed by atoms with Gasteiger partial charge < -0.3 is 11.1 Å². The van der Waals surface area contributed by atoms with Crippen molar-refractivity contribution in [2.45, 2.75) is 18.8 Å². The Morgan fingerprint density at radius 2 is 2.11 bits per heavy atom. The van der Waals surface area contributed by atoms with E-state index in [1.54, 1.807) is 12.1 Å². The van der Waals surface area contributed by atoms with Crippen molar-refractivity contribution in [3.63, 3.8) is 0 Å². The van der Waals surface area contributed by atoms with Crippen LogP contribution in [-0.4, -0.2) is 19.0 Å². The Bertz CT molecular complexity index is 505. The average molecular weight is 248 g/mol. The minimum atomic E-state index is -0.564. The zero-order valence-electron chi connectivity index (χ0n) is 10.4. The predicted molar refractivity (Wildman–Crippen MR) is 66.7 cm³/mol. The van der Waals surface area contributed by atoms with Crippen LogP contribution in [0.25, 0.3) is 0 Å². The van der Waals surface area contributed by atoms with Gasteiger partial charge in [0.1, 0.15) is 5.82 Å². The third-order valence-electron chi connectivity index (χ3n) is 4.73. The highest BCUT2D eigenvalue weighted by atomic mass is 19.1. The molecule has 1 saturated heterocycles. The highest BCUT2D eigenvalue weighted by Crippen LogP contribution is 2.63. The molecule has 1 aliphatic carbocycles. The number of primary amides is 1. The van der Waals surface area contributed by atoms with E-state index < -0.39 is 5.91 Å². The van der Waals surface area contributed by atoms with Crippen molar-refractivity contribution in [1.29, 1.82) is 0 Å². The molecule has 0 radical (unpaired) electrons. The number of piperidine rings is 1. The summed E-state index contributed by atoms with van der Waals surface area (Å²) in [5.41, 5.74) is 6.52. The van der Waals surface area contributed by atoms with E-state index in [1.165, 1.54) is 6.07 Å². The second kappa shape index (κ2) is 3.79. The van der Waals surface area contributed by atoms with Crippen molar-refractivity contribution in [3.05, 3.63) is 35.1 Å². The molecule has 1 heterocycles. The molecule has 18 heavy (non-hydrogen) atoms. The molecule has 3 rings (SSSR count). The third kappa shape index (κ3) is 1.42. The van der Waals surface area contributed by atoms with Crippen LogP contribution < -0.4 is 11.1 Å². The molecule has 2 fully saturated rings. The van der Waals surface area contributed by atoms with Gasteiger partial charge in [-0.3, -0.25) is 4.79 Å². The van der Waals surface area contributed by atoms with Crippen molar-refractivity contribution in [1.82, 2.24) is 5.32 Å². The Balaban J connectivity index is 2.04. The van der Waals surface area contributed by atoms with E-state index in [0.29, 0.717) is 11.8 Å². The van der Waals surface area contributed by atoms with Crippen LogP contribution in [0.15, 0.2) is 18.2 Å². The zero-order chi connectivity index (χ0) is 12.9. The van der Waals surface area contributed by atoms with Crippen molar-refractivity contribution in [2.75, 3.05) is 13.1 Å². The van der Waals surface area contributed by atoms with Gasteiger partial charge in [0.2, 0.25) is 5.91 Å². The number of hydrogen-bond donors (Lipinski definition) is 2. The Morgan fingerprint density at radius 1 is 1.44 bits per heavy atom. The fourth-order valence-electron chi connectivity index (χ4n) is 3.80. The lowest BCUT2D eigenvalue weighted by atomic mass is 9.86.